The number of para-hydroxylation sites is 1. The molecular formula is C18H14F2N4O2. The zero-order valence-electron chi connectivity index (χ0n) is 13.7. The van der Waals surface area contributed by atoms with Crippen molar-refractivity contribution in [1.29, 1.82) is 0 Å². The van der Waals surface area contributed by atoms with Crippen LogP contribution in [0.1, 0.15) is 11.4 Å². The normalized spacial score (nSPS) is 14.3. The predicted octanol–water partition coefficient (Wildman–Crippen LogP) is 3.78. The Morgan fingerprint density at radius 1 is 1.04 bits per heavy atom. The molecule has 3 heterocycles. The summed E-state index contributed by atoms with van der Waals surface area (Å²) >= 11 is 0. The molecule has 0 saturated carbocycles. The quantitative estimate of drug-likeness (QED) is 0.767. The Morgan fingerprint density at radius 2 is 1.88 bits per heavy atom. The number of halogens is 2. The number of alkyl halides is 2. The summed E-state index contributed by atoms with van der Waals surface area (Å²) in [6.07, 6.45) is 1.21. The zero-order chi connectivity index (χ0) is 18.1. The van der Waals surface area contributed by atoms with E-state index in [-0.39, 0.29) is 11.5 Å². The third-order valence-corrected chi connectivity index (χ3v) is 3.92. The first-order chi connectivity index (χ1) is 12.5. The van der Waals surface area contributed by atoms with Gasteiger partial charge in [0.2, 0.25) is 0 Å². The van der Waals surface area contributed by atoms with E-state index in [2.05, 4.69) is 29.7 Å². The van der Waals surface area contributed by atoms with Crippen molar-refractivity contribution in [3.63, 3.8) is 0 Å². The SMILES string of the molecule is Cc1nccnc1CNc1ccc(-c2cccc3c2OC(F)(F)O3)cn1. The maximum Gasteiger partial charge on any atom is 0.586 e. The van der Waals surface area contributed by atoms with Crippen molar-refractivity contribution in [3.05, 3.63) is 60.3 Å². The van der Waals surface area contributed by atoms with Crippen molar-refractivity contribution in [2.75, 3.05) is 5.32 Å². The van der Waals surface area contributed by atoms with Crippen molar-refractivity contribution in [3.8, 4) is 22.6 Å². The van der Waals surface area contributed by atoms with E-state index in [4.69, 9.17) is 0 Å². The molecule has 132 valence electrons. The number of aromatic nitrogens is 3. The van der Waals surface area contributed by atoms with Crippen molar-refractivity contribution < 1.29 is 18.3 Å². The molecule has 3 aromatic rings. The molecule has 0 spiro atoms. The van der Waals surface area contributed by atoms with Crippen LogP contribution in [0.3, 0.4) is 0 Å². The van der Waals surface area contributed by atoms with Crippen LogP contribution in [0, 0.1) is 6.92 Å². The minimum atomic E-state index is -3.65. The lowest BCUT2D eigenvalue weighted by molar-refractivity contribution is -0.286. The monoisotopic (exact) mass is 356 g/mol. The van der Waals surface area contributed by atoms with Gasteiger partial charge in [0.1, 0.15) is 5.82 Å². The van der Waals surface area contributed by atoms with Crippen molar-refractivity contribution in [1.82, 2.24) is 15.0 Å². The molecule has 0 atom stereocenters. The minimum Gasteiger partial charge on any atom is -0.395 e. The van der Waals surface area contributed by atoms with Crippen LogP contribution in [-0.2, 0) is 6.54 Å². The fourth-order valence-electron chi connectivity index (χ4n) is 2.64. The number of fused-ring (bicyclic) bond motifs is 1. The van der Waals surface area contributed by atoms with Crippen LogP contribution in [0.5, 0.6) is 11.5 Å². The van der Waals surface area contributed by atoms with Gasteiger partial charge >= 0.3 is 6.29 Å². The molecule has 2 aromatic heterocycles. The molecule has 0 saturated heterocycles. The summed E-state index contributed by atoms with van der Waals surface area (Å²) in [7, 11) is 0. The Balaban J connectivity index is 1.53. The Labute approximate surface area is 147 Å². The molecule has 0 amide bonds. The summed E-state index contributed by atoms with van der Waals surface area (Å²) in [4.78, 5) is 12.8. The molecule has 1 N–H and O–H groups in total. The van der Waals surface area contributed by atoms with E-state index in [0.717, 1.165) is 11.4 Å². The Kier molecular flexibility index (Phi) is 3.87. The van der Waals surface area contributed by atoms with Crippen molar-refractivity contribution in [2.24, 2.45) is 0 Å². The van der Waals surface area contributed by atoms with Gasteiger partial charge in [-0.25, -0.2) is 4.98 Å². The smallest absolute Gasteiger partial charge is 0.395 e. The topological polar surface area (TPSA) is 69.2 Å². The lowest BCUT2D eigenvalue weighted by Crippen LogP contribution is -2.26. The van der Waals surface area contributed by atoms with E-state index in [1.54, 1.807) is 42.9 Å². The summed E-state index contributed by atoms with van der Waals surface area (Å²) in [6.45, 7) is 2.37. The molecule has 0 fully saturated rings. The van der Waals surface area contributed by atoms with Crippen molar-refractivity contribution in [2.45, 2.75) is 19.8 Å². The second kappa shape index (κ2) is 6.21. The van der Waals surface area contributed by atoms with Gasteiger partial charge in [0.25, 0.3) is 0 Å². The van der Waals surface area contributed by atoms with E-state index in [1.165, 1.54) is 6.07 Å². The van der Waals surface area contributed by atoms with E-state index in [9.17, 15) is 8.78 Å². The minimum absolute atomic E-state index is 0.00725. The first-order valence-corrected chi connectivity index (χ1v) is 7.87. The van der Waals surface area contributed by atoms with Crippen molar-refractivity contribution >= 4 is 5.82 Å². The van der Waals surface area contributed by atoms with Crippen LogP contribution in [0.25, 0.3) is 11.1 Å². The number of hydrogen-bond donors (Lipinski definition) is 1. The number of aryl methyl sites for hydroxylation is 1. The van der Waals surface area contributed by atoms with Gasteiger partial charge < -0.3 is 14.8 Å². The van der Waals surface area contributed by atoms with Gasteiger partial charge in [-0.3, -0.25) is 9.97 Å². The number of ether oxygens (including phenoxy) is 2. The standard InChI is InChI=1S/C18H14F2N4O2/c1-11-14(22-8-7-21-11)10-24-16-6-5-12(9-23-16)13-3-2-4-15-17(13)26-18(19,20)25-15/h2-9H,10H2,1H3,(H,23,24). The third kappa shape index (κ3) is 3.13. The van der Waals surface area contributed by atoms with Gasteiger partial charge in [0.05, 0.1) is 17.9 Å². The predicted molar refractivity (Wildman–Crippen MR) is 90.0 cm³/mol. The first-order valence-electron chi connectivity index (χ1n) is 7.87. The van der Waals surface area contributed by atoms with E-state index < -0.39 is 6.29 Å². The Hall–Kier alpha value is -3.29. The van der Waals surface area contributed by atoms with E-state index >= 15 is 0 Å². The molecule has 1 aliphatic rings. The molecule has 26 heavy (non-hydrogen) atoms. The summed E-state index contributed by atoms with van der Waals surface area (Å²) in [6, 6.07) is 8.27. The van der Waals surface area contributed by atoms with Crippen LogP contribution in [0.2, 0.25) is 0 Å². The second-order valence-corrected chi connectivity index (χ2v) is 5.67. The Bertz CT molecular complexity index is 948. The van der Waals surface area contributed by atoms with Crippen LogP contribution in [0.15, 0.2) is 48.9 Å². The molecule has 0 aliphatic carbocycles. The van der Waals surface area contributed by atoms with Gasteiger partial charge in [-0.2, -0.15) is 0 Å². The molecule has 6 nitrogen and oxygen atoms in total. The summed E-state index contributed by atoms with van der Waals surface area (Å²) in [5, 5.41) is 3.16. The second-order valence-electron chi connectivity index (χ2n) is 5.67. The Morgan fingerprint density at radius 3 is 2.65 bits per heavy atom. The number of hydrogen-bond acceptors (Lipinski definition) is 6. The highest BCUT2D eigenvalue weighted by Crippen LogP contribution is 2.46. The zero-order valence-corrected chi connectivity index (χ0v) is 13.7. The largest absolute Gasteiger partial charge is 0.586 e. The lowest BCUT2D eigenvalue weighted by Gasteiger charge is -2.09. The number of pyridine rings is 1. The van der Waals surface area contributed by atoms with Gasteiger partial charge in [0, 0.05) is 29.7 Å². The fraction of sp³-hybridized carbons (Fsp3) is 0.167. The molecular weight excluding hydrogens is 342 g/mol. The molecule has 1 aliphatic heterocycles. The summed E-state index contributed by atoms with van der Waals surface area (Å²) in [5.41, 5.74) is 2.80. The maximum absolute atomic E-state index is 13.3. The molecule has 8 heteroatoms. The van der Waals surface area contributed by atoms with Crippen LogP contribution >= 0.6 is 0 Å². The number of anilines is 1. The first kappa shape index (κ1) is 16.2. The lowest BCUT2D eigenvalue weighted by atomic mass is 10.1. The molecule has 0 bridgehead atoms. The molecule has 0 unspecified atom stereocenters. The van der Waals surface area contributed by atoms with Crippen LogP contribution in [-0.4, -0.2) is 21.2 Å². The highest BCUT2D eigenvalue weighted by atomic mass is 19.3. The average molecular weight is 356 g/mol. The number of benzene rings is 1. The average Bonchev–Trinajstić information content (AvgIpc) is 2.95. The highest BCUT2D eigenvalue weighted by molar-refractivity contribution is 5.74. The van der Waals surface area contributed by atoms with Crippen LogP contribution in [0.4, 0.5) is 14.6 Å². The van der Waals surface area contributed by atoms with E-state index in [0.29, 0.717) is 23.5 Å². The van der Waals surface area contributed by atoms with Gasteiger partial charge in [-0.05, 0) is 25.1 Å². The maximum atomic E-state index is 13.3. The molecule has 4 rings (SSSR count). The third-order valence-electron chi connectivity index (χ3n) is 3.92. The van der Waals surface area contributed by atoms with Crippen LogP contribution < -0.4 is 14.8 Å². The van der Waals surface area contributed by atoms with E-state index in [1.807, 2.05) is 6.92 Å². The molecule has 0 radical (unpaired) electrons. The summed E-state index contributed by atoms with van der Waals surface area (Å²) in [5.74, 6) is 0.650. The highest BCUT2D eigenvalue weighted by Gasteiger charge is 2.44. The van der Waals surface area contributed by atoms with Gasteiger partial charge in [-0.15, -0.1) is 8.78 Å². The van der Waals surface area contributed by atoms with Gasteiger partial charge in [0.15, 0.2) is 11.5 Å². The number of nitrogens with zero attached hydrogens (tertiary/aromatic N) is 3. The number of rotatable bonds is 4. The fourth-order valence-corrected chi connectivity index (χ4v) is 2.64. The van der Waals surface area contributed by atoms with Gasteiger partial charge in [-0.1, -0.05) is 12.1 Å². The summed E-state index contributed by atoms with van der Waals surface area (Å²) < 4.78 is 35.7. The number of nitrogens with one attached hydrogen (secondary N) is 1. The molecule has 1 aromatic carbocycles.